The van der Waals surface area contributed by atoms with Crippen LogP contribution >= 0.6 is 0 Å². The topological polar surface area (TPSA) is 61.8 Å². The number of hydrogen-bond donors (Lipinski definition) is 2. The molecule has 1 heterocycles. The van der Waals surface area contributed by atoms with Crippen LogP contribution in [0.2, 0.25) is 0 Å². The van der Waals surface area contributed by atoms with Crippen LogP contribution in [-0.2, 0) is 4.74 Å². The van der Waals surface area contributed by atoms with E-state index < -0.39 is 0 Å². The van der Waals surface area contributed by atoms with Crippen LogP contribution in [0.1, 0.15) is 38.3 Å². The van der Waals surface area contributed by atoms with Crippen LogP contribution in [0.15, 0.2) is 24.3 Å². The Hall–Kier alpha value is -1.59. The molecule has 1 fully saturated rings. The van der Waals surface area contributed by atoms with E-state index in [0.29, 0.717) is 13.2 Å². The molecule has 0 spiro atoms. The highest BCUT2D eigenvalue weighted by atomic mass is 16.6. The molecular weight excluding hydrogens is 268 g/mol. The van der Waals surface area contributed by atoms with Crippen molar-refractivity contribution >= 4 is 11.8 Å². The van der Waals surface area contributed by atoms with Gasteiger partial charge in [-0.05, 0) is 44.0 Å². The molecule has 2 N–H and O–H groups in total. The van der Waals surface area contributed by atoms with Crippen molar-refractivity contribution in [2.24, 2.45) is 0 Å². The summed E-state index contributed by atoms with van der Waals surface area (Å²) >= 11 is 0. The van der Waals surface area contributed by atoms with Crippen LogP contribution in [0, 0.1) is 0 Å². The number of carbonyl (C=O) groups excluding carboxylic acids is 1. The van der Waals surface area contributed by atoms with Crippen molar-refractivity contribution in [3.05, 3.63) is 29.8 Å². The summed E-state index contributed by atoms with van der Waals surface area (Å²) < 4.78 is 4.93. The normalized spacial score (nSPS) is 17.7. The number of nitrogens with one attached hydrogen (secondary N) is 1. The number of anilines is 1. The monoisotopic (exact) mass is 292 g/mol. The summed E-state index contributed by atoms with van der Waals surface area (Å²) in [7, 11) is 0. The summed E-state index contributed by atoms with van der Waals surface area (Å²) in [4.78, 5) is 13.1. The van der Waals surface area contributed by atoms with Gasteiger partial charge in [0.2, 0.25) is 0 Å². The number of benzene rings is 1. The molecular formula is C16H24N2O3. The first-order valence-corrected chi connectivity index (χ1v) is 7.57. The molecule has 0 bridgehead atoms. The molecule has 5 heteroatoms. The Kier molecular flexibility index (Phi) is 5.59. The fraction of sp³-hybridized carbons (Fsp3) is 0.562. The minimum atomic E-state index is -0.275. The second kappa shape index (κ2) is 7.43. The first-order valence-electron chi connectivity index (χ1n) is 7.57. The zero-order chi connectivity index (χ0) is 15.2. The lowest BCUT2D eigenvalue weighted by molar-refractivity contribution is 0.159. The standard InChI is InChI=1S/C16H24N2O3/c1-3-15(19)8-9-17-12(2)13-4-6-14(7-5-13)18-10-11-21-16(18)20/h4-7,12,15,17,19H,3,8-11H2,1-2H3. The van der Waals surface area contributed by atoms with Crippen LogP contribution < -0.4 is 10.2 Å². The van der Waals surface area contributed by atoms with E-state index in [2.05, 4.69) is 12.2 Å². The van der Waals surface area contributed by atoms with Crippen molar-refractivity contribution in [3.8, 4) is 0 Å². The van der Waals surface area contributed by atoms with Crippen molar-refractivity contribution in [1.29, 1.82) is 0 Å². The molecule has 21 heavy (non-hydrogen) atoms. The largest absolute Gasteiger partial charge is 0.447 e. The van der Waals surface area contributed by atoms with E-state index in [9.17, 15) is 9.90 Å². The fourth-order valence-electron chi connectivity index (χ4n) is 2.36. The molecule has 2 rings (SSSR count). The molecule has 0 aromatic heterocycles. The lowest BCUT2D eigenvalue weighted by Gasteiger charge is -2.17. The van der Waals surface area contributed by atoms with E-state index in [0.717, 1.165) is 30.6 Å². The Balaban J connectivity index is 1.87. The Morgan fingerprint density at radius 2 is 2.10 bits per heavy atom. The molecule has 2 unspecified atom stereocenters. The van der Waals surface area contributed by atoms with Crippen molar-refractivity contribution in [1.82, 2.24) is 5.32 Å². The lowest BCUT2D eigenvalue weighted by Crippen LogP contribution is -2.24. The third kappa shape index (κ3) is 4.19. The highest BCUT2D eigenvalue weighted by molar-refractivity contribution is 5.89. The van der Waals surface area contributed by atoms with Gasteiger partial charge < -0.3 is 15.2 Å². The molecule has 0 saturated carbocycles. The summed E-state index contributed by atoms with van der Waals surface area (Å²) in [6, 6.07) is 8.15. The third-order valence-corrected chi connectivity index (χ3v) is 3.86. The Morgan fingerprint density at radius 3 is 2.67 bits per heavy atom. The van der Waals surface area contributed by atoms with Crippen molar-refractivity contribution < 1.29 is 14.6 Å². The Morgan fingerprint density at radius 1 is 1.38 bits per heavy atom. The second-order valence-electron chi connectivity index (χ2n) is 5.38. The summed E-state index contributed by atoms with van der Waals surface area (Å²) in [6.45, 7) is 5.93. The maximum Gasteiger partial charge on any atom is 0.414 e. The van der Waals surface area contributed by atoms with E-state index in [1.807, 2.05) is 31.2 Å². The molecule has 1 aliphatic rings. The van der Waals surface area contributed by atoms with E-state index in [-0.39, 0.29) is 18.2 Å². The number of carbonyl (C=O) groups is 1. The van der Waals surface area contributed by atoms with Gasteiger partial charge >= 0.3 is 6.09 Å². The number of hydrogen-bond acceptors (Lipinski definition) is 4. The number of aliphatic hydroxyl groups excluding tert-OH is 1. The molecule has 5 nitrogen and oxygen atoms in total. The lowest BCUT2D eigenvalue weighted by atomic mass is 10.1. The van der Waals surface area contributed by atoms with E-state index in [1.54, 1.807) is 4.90 Å². The highest BCUT2D eigenvalue weighted by Gasteiger charge is 2.23. The number of nitrogens with zero attached hydrogens (tertiary/aromatic N) is 1. The molecule has 1 amide bonds. The molecule has 0 aliphatic carbocycles. The fourth-order valence-corrected chi connectivity index (χ4v) is 2.36. The molecule has 1 aromatic carbocycles. The van der Waals surface area contributed by atoms with Crippen LogP contribution in [0.4, 0.5) is 10.5 Å². The molecule has 0 radical (unpaired) electrons. The first-order chi connectivity index (χ1) is 10.1. The van der Waals surface area contributed by atoms with Crippen LogP contribution in [-0.4, -0.2) is 37.0 Å². The molecule has 1 aromatic rings. The van der Waals surface area contributed by atoms with Crippen LogP contribution in [0.5, 0.6) is 0 Å². The Bertz CT molecular complexity index is 461. The second-order valence-corrected chi connectivity index (χ2v) is 5.38. The maximum atomic E-state index is 11.5. The summed E-state index contributed by atoms with van der Waals surface area (Å²) in [6.07, 6.45) is 1.05. The molecule has 2 atom stereocenters. The number of aliphatic hydroxyl groups is 1. The van der Waals surface area contributed by atoms with Gasteiger partial charge in [-0.25, -0.2) is 4.79 Å². The minimum Gasteiger partial charge on any atom is -0.447 e. The van der Waals surface area contributed by atoms with Gasteiger partial charge in [-0.15, -0.1) is 0 Å². The van der Waals surface area contributed by atoms with Crippen LogP contribution in [0.3, 0.4) is 0 Å². The minimum absolute atomic E-state index is 0.216. The molecule has 1 saturated heterocycles. The first kappa shape index (κ1) is 15.8. The van der Waals surface area contributed by atoms with Gasteiger partial charge in [-0.1, -0.05) is 19.1 Å². The number of amides is 1. The SMILES string of the molecule is CCC(O)CCNC(C)c1ccc(N2CCOC2=O)cc1. The average Bonchev–Trinajstić information content (AvgIpc) is 2.93. The zero-order valence-electron chi connectivity index (χ0n) is 12.7. The van der Waals surface area contributed by atoms with E-state index in [4.69, 9.17) is 4.74 Å². The Labute approximate surface area is 125 Å². The van der Waals surface area contributed by atoms with Gasteiger partial charge in [-0.3, -0.25) is 4.90 Å². The number of rotatable bonds is 7. The number of cyclic esters (lactones) is 1. The molecule has 116 valence electrons. The van der Waals surface area contributed by atoms with Crippen molar-refractivity contribution in [2.45, 2.75) is 38.8 Å². The van der Waals surface area contributed by atoms with Gasteiger partial charge in [0, 0.05) is 11.7 Å². The smallest absolute Gasteiger partial charge is 0.414 e. The van der Waals surface area contributed by atoms with E-state index >= 15 is 0 Å². The maximum absolute atomic E-state index is 11.5. The predicted octanol–water partition coefficient (Wildman–Crippen LogP) is 2.45. The van der Waals surface area contributed by atoms with Gasteiger partial charge in [0.15, 0.2) is 0 Å². The van der Waals surface area contributed by atoms with Gasteiger partial charge in [-0.2, -0.15) is 0 Å². The third-order valence-electron chi connectivity index (χ3n) is 3.86. The van der Waals surface area contributed by atoms with Gasteiger partial charge in [0.05, 0.1) is 12.6 Å². The van der Waals surface area contributed by atoms with Gasteiger partial charge in [0.1, 0.15) is 6.61 Å². The average molecular weight is 292 g/mol. The molecule has 1 aliphatic heterocycles. The van der Waals surface area contributed by atoms with Gasteiger partial charge in [0.25, 0.3) is 0 Å². The quantitative estimate of drug-likeness (QED) is 0.810. The van der Waals surface area contributed by atoms with E-state index in [1.165, 1.54) is 0 Å². The summed E-state index contributed by atoms with van der Waals surface area (Å²) in [5, 5.41) is 12.9. The van der Waals surface area contributed by atoms with Crippen LogP contribution in [0.25, 0.3) is 0 Å². The zero-order valence-corrected chi connectivity index (χ0v) is 12.7. The van der Waals surface area contributed by atoms with Crippen molar-refractivity contribution in [2.75, 3.05) is 24.6 Å². The highest BCUT2D eigenvalue weighted by Crippen LogP contribution is 2.21. The summed E-state index contributed by atoms with van der Waals surface area (Å²) in [5.41, 5.74) is 2.03. The number of ether oxygens (including phenoxy) is 1. The predicted molar refractivity (Wildman–Crippen MR) is 82.5 cm³/mol. The van der Waals surface area contributed by atoms with Crippen molar-refractivity contribution in [3.63, 3.8) is 0 Å². The summed E-state index contributed by atoms with van der Waals surface area (Å²) in [5.74, 6) is 0.